The van der Waals surface area contributed by atoms with E-state index in [1.807, 2.05) is 34.6 Å². The second-order valence-electron chi connectivity index (χ2n) is 6.19. The summed E-state index contributed by atoms with van der Waals surface area (Å²) in [7, 11) is 0. The van der Waals surface area contributed by atoms with E-state index in [-0.39, 0.29) is 17.7 Å². The SMILES string of the molecule is CC(C)(C)OC(=O)N[C@@H]1CC(C)(C)OC[C@@H]1N. The Balaban J connectivity index is 2.52. The molecule has 5 nitrogen and oxygen atoms in total. The van der Waals surface area contributed by atoms with Gasteiger partial charge in [-0.25, -0.2) is 4.79 Å². The minimum absolute atomic E-state index is 0.103. The molecule has 3 N–H and O–H groups in total. The lowest BCUT2D eigenvalue weighted by Crippen LogP contribution is -2.58. The van der Waals surface area contributed by atoms with Crippen LogP contribution in [0.15, 0.2) is 0 Å². The summed E-state index contributed by atoms with van der Waals surface area (Å²) in [5.41, 5.74) is 5.17. The Morgan fingerprint density at radius 2 is 2.06 bits per heavy atom. The molecule has 1 fully saturated rings. The molecule has 0 aliphatic carbocycles. The monoisotopic (exact) mass is 244 g/mol. The third-order valence-electron chi connectivity index (χ3n) is 2.60. The number of carbonyl (C=O) groups is 1. The average Bonchev–Trinajstić information content (AvgIpc) is 2.07. The molecule has 0 radical (unpaired) electrons. The van der Waals surface area contributed by atoms with Crippen LogP contribution in [0.2, 0.25) is 0 Å². The lowest BCUT2D eigenvalue weighted by molar-refractivity contribution is -0.0721. The molecule has 1 heterocycles. The van der Waals surface area contributed by atoms with Gasteiger partial charge in [-0.05, 0) is 41.0 Å². The van der Waals surface area contributed by atoms with Gasteiger partial charge in [0.05, 0.1) is 18.2 Å². The highest BCUT2D eigenvalue weighted by atomic mass is 16.6. The van der Waals surface area contributed by atoms with Gasteiger partial charge in [0.2, 0.25) is 0 Å². The van der Waals surface area contributed by atoms with E-state index >= 15 is 0 Å². The van der Waals surface area contributed by atoms with Crippen LogP contribution in [0.3, 0.4) is 0 Å². The van der Waals surface area contributed by atoms with Crippen molar-refractivity contribution in [2.45, 2.75) is 64.3 Å². The van der Waals surface area contributed by atoms with Crippen molar-refractivity contribution in [3.63, 3.8) is 0 Å². The first-order chi connectivity index (χ1) is 7.59. The van der Waals surface area contributed by atoms with Crippen molar-refractivity contribution in [2.24, 2.45) is 5.73 Å². The highest BCUT2D eigenvalue weighted by Gasteiger charge is 2.35. The van der Waals surface area contributed by atoms with Crippen molar-refractivity contribution in [1.82, 2.24) is 5.32 Å². The summed E-state index contributed by atoms with van der Waals surface area (Å²) in [5, 5.41) is 2.81. The molecule has 0 aromatic heterocycles. The van der Waals surface area contributed by atoms with E-state index in [1.54, 1.807) is 0 Å². The molecule has 100 valence electrons. The number of alkyl carbamates (subject to hydrolysis) is 1. The third-order valence-corrected chi connectivity index (χ3v) is 2.60. The molecule has 0 saturated carbocycles. The van der Waals surface area contributed by atoms with Gasteiger partial charge in [-0.3, -0.25) is 0 Å². The normalized spacial score (nSPS) is 28.6. The minimum Gasteiger partial charge on any atom is -0.444 e. The van der Waals surface area contributed by atoms with Crippen molar-refractivity contribution in [3.8, 4) is 0 Å². The molecule has 1 aliphatic rings. The quantitative estimate of drug-likeness (QED) is 0.731. The van der Waals surface area contributed by atoms with E-state index in [4.69, 9.17) is 15.2 Å². The van der Waals surface area contributed by atoms with Crippen LogP contribution in [0.1, 0.15) is 41.0 Å². The largest absolute Gasteiger partial charge is 0.444 e. The molecular weight excluding hydrogens is 220 g/mol. The van der Waals surface area contributed by atoms with Crippen LogP contribution >= 0.6 is 0 Å². The molecule has 0 bridgehead atoms. The second-order valence-corrected chi connectivity index (χ2v) is 6.19. The van der Waals surface area contributed by atoms with Crippen LogP contribution in [0.5, 0.6) is 0 Å². The highest BCUT2D eigenvalue weighted by Crippen LogP contribution is 2.23. The van der Waals surface area contributed by atoms with Crippen molar-refractivity contribution >= 4 is 6.09 Å². The first kappa shape index (κ1) is 14.3. The number of rotatable bonds is 1. The van der Waals surface area contributed by atoms with Gasteiger partial charge in [0, 0.05) is 6.04 Å². The van der Waals surface area contributed by atoms with Gasteiger partial charge in [0.1, 0.15) is 5.60 Å². The molecule has 0 spiro atoms. The van der Waals surface area contributed by atoms with Gasteiger partial charge >= 0.3 is 6.09 Å². The van der Waals surface area contributed by atoms with Gasteiger partial charge in [-0.15, -0.1) is 0 Å². The van der Waals surface area contributed by atoms with Crippen LogP contribution < -0.4 is 11.1 Å². The molecule has 1 aliphatic heterocycles. The van der Waals surface area contributed by atoms with Crippen LogP contribution in [0.4, 0.5) is 4.79 Å². The van der Waals surface area contributed by atoms with E-state index in [9.17, 15) is 4.79 Å². The molecule has 1 amide bonds. The predicted octanol–water partition coefficient (Wildman–Crippen LogP) is 1.41. The number of hydrogen-bond donors (Lipinski definition) is 2. The molecule has 0 aromatic carbocycles. The topological polar surface area (TPSA) is 73.6 Å². The van der Waals surface area contributed by atoms with Crippen LogP contribution in [0, 0.1) is 0 Å². The summed E-state index contributed by atoms with van der Waals surface area (Å²) in [4.78, 5) is 11.7. The Kier molecular flexibility index (Phi) is 4.04. The number of ether oxygens (including phenoxy) is 2. The zero-order valence-corrected chi connectivity index (χ0v) is 11.4. The Labute approximate surface area is 103 Å². The molecule has 17 heavy (non-hydrogen) atoms. The summed E-state index contributed by atoms with van der Waals surface area (Å²) < 4.78 is 10.8. The summed E-state index contributed by atoms with van der Waals surface area (Å²) in [6.07, 6.45) is 0.267. The van der Waals surface area contributed by atoms with Crippen LogP contribution in [-0.4, -0.2) is 36.0 Å². The molecule has 1 rings (SSSR count). The smallest absolute Gasteiger partial charge is 0.407 e. The van der Waals surface area contributed by atoms with Gasteiger partial charge < -0.3 is 20.5 Å². The summed E-state index contributed by atoms with van der Waals surface area (Å²) in [6.45, 7) is 9.93. The molecule has 0 aromatic rings. The molecular formula is C12H24N2O3. The van der Waals surface area contributed by atoms with E-state index in [1.165, 1.54) is 0 Å². The second kappa shape index (κ2) is 4.82. The molecule has 1 saturated heterocycles. The Morgan fingerprint density at radius 1 is 1.47 bits per heavy atom. The maximum Gasteiger partial charge on any atom is 0.407 e. The summed E-state index contributed by atoms with van der Waals surface area (Å²) in [5.74, 6) is 0. The summed E-state index contributed by atoms with van der Waals surface area (Å²) in [6, 6.07) is -0.288. The van der Waals surface area contributed by atoms with E-state index in [0.29, 0.717) is 13.0 Å². The van der Waals surface area contributed by atoms with E-state index in [2.05, 4.69) is 5.32 Å². The molecule has 5 heteroatoms. The van der Waals surface area contributed by atoms with Crippen LogP contribution in [0.25, 0.3) is 0 Å². The zero-order chi connectivity index (χ0) is 13.3. The van der Waals surface area contributed by atoms with Crippen molar-refractivity contribution in [1.29, 1.82) is 0 Å². The lowest BCUT2D eigenvalue weighted by Gasteiger charge is -2.39. The highest BCUT2D eigenvalue weighted by molar-refractivity contribution is 5.68. The standard InChI is InChI=1S/C12H24N2O3/c1-11(2,3)17-10(15)14-9-6-12(4,5)16-7-8(9)13/h8-9H,6-7,13H2,1-5H3,(H,14,15)/t8-,9+/m0/s1. The molecule has 0 unspecified atom stereocenters. The number of hydrogen-bond acceptors (Lipinski definition) is 4. The maximum atomic E-state index is 11.7. The molecule has 2 atom stereocenters. The number of amides is 1. The van der Waals surface area contributed by atoms with Gasteiger partial charge in [-0.2, -0.15) is 0 Å². The van der Waals surface area contributed by atoms with E-state index < -0.39 is 11.7 Å². The Morgan fingerprint density at radius 3 is 2.59 bits per heavy atom. The van der Waals surface area contributed by atoms with Gasteiger partial charge in [0.25, 0.3) is 0 Å². The number of nitrogens with one attached hydrogen (secondary N) is 1. The first-order valence-electron chi connectivity index (χ1n) is 5.98. The zero-order valence-electron chi connectivity index (χ0n) is 11.4. The van der Waals surface area contributed by atoms with Crippen molar-refractivity contribution < 1.29 is 14.3 Å². The lowest BCUT2D eigenvalue weighted by atomic mass is 9.91. The predicted molar refractivity (Wildman–Crippen MR) is 65.8 cm³/mol. The van der Waals surface area contributed by atoms with Gasteiger partial charge in [-0.1, -0.05) is 0 Å². The Hall–Kier alpha value is -0.810. The minimum atomic E-state index is -0.491. The summed E-state index contributed by atoms with van der Waals surface area (Å²) >= 11 is 0. The number of nitrogens with two attached hydrogens (primary N) is 1. The first-order valence-corrected chi connectivity index (χ1v) is 5.98. The van der Waals surface area contributed by atoms with Gasteiger partial charge in [0.15, 0.2) is 0 Å². The van der Waals surface area contributed by atoms with Crippen molar-refractivity contribution in [3.05, 3.63) is 0 Å². The van der Waals surface area contributed by atoms with Crippen molar-refractivity contribution in [2.75, 3.05) is 6.61 Å². The third kappa shape index (κ3) is 4.91. The fraction of sp³-hybridized carbons (Fsp3) is 0.917. The maximum absolute atomic E-state index is 11.7. The van der Waals surface area contributed by atoms with Crippen LogP contribution in [-0.2, 0) is 9.47 Å². The Bertz CT molecular complexity index is 284. The average molecular weight is 244 g/mol. The fourth-order valence-electron chi connectivity index (χ4n) is 1.79. The van der Waals surface area contributed by atoms with E-state index in [0.717, 1.165) is 0 Å². The number of carbonyl (C=O) groups excluding carboxylic acids is 1. The fourth-order valence-corrected chi connectivity index (χ4v) is 1.79.